The lowest BCUT2D eigenvalue weighted by atomic mass is 10.3. The molecule has 0 fully saturated rings. The summed E-state index contributed by atoms with van der Waals surface area (Å²) in [5.74, 6) is -3.70. The van der Waals surface area contributed by atoms with Crippen LogP contribution in [-0.2, 0) is 19.9 Å². The fourth-order valence-electron chi connectivity index (χ4n) is 0.868. The lowest BCUT2D eigenvalue weighted by Crippen LogP contribution is -2.52. The normalized spacial score (nSPS) is 11.1. The molecular formula is C6H10N2O8S. The molecule has 0 saturated heterocycles. The topological polar surface area (TPSA) is 153 Å². The van der Waals surface area contributed by atoms with Gasteiger partial charge in [-0.3, -0.25) is 4.55 Å². The molecule has 0 rings (SSSR count). The number of amides is 2. The molecule has 0 aliphatic carbocycles. The van der Waals surface area contributed by atoms with Crippen LogP contribution in [0.15, 0.2) is 0 Å². The first-order valence-electron chi connectivity index (χ1n) is 3.94. The molecule has 0 unspecified atom stereocenters. The third-order valence-electron chi connectivity index (χ3n) is 1.77. The van der Waals surface area contributed by atoms with E-state index in [1.54, 1.807) is 0 Å². The fraction of sp³-hybridized carbons (Fsp3) is 0.500. The van der Waals surface area contributed by atoms with Crippen molar-refractivity contribution in [2.24, 2.45) is 0 Å². The highest BCUT2D eigenvalue weighted by Gasteiger charge is 2.37. The van der Waals surface area contributed by atoms with E-state index in [0.717, 1.165) is 7.05 Å². The number of hydrogen-bond acceptors (Lipinski definition) is 5. The average molecular weight is 270 g/mol. The van der Waals surface area contributed by atoms with Gasteiger partial charge >= 0.3 is 28.3 Å². The van der Waals surface area contributed by atoms with E-state index in [0.29, 0.717) is 7.05 Å². The van der Waals surface area contributed by atoms with E-state index in [-0.39, 0.29) is 9.21 Å². The number of carbonyl (C=O) groups excluding carboxylic acids is 1. The van der Waals surface area contributed by atoms with Crippen molar-refractivity contribution in [1.82, 2.24) is 9.21 Å². The Bertz CT molecular complexity index is 429. The number of carboxylic acid groups (broad SMARTS) is 2. The van der Waals surface area contributed by atoms with Gasteiger partial charge in [0.25, 0.3) is 0 Å². The zero-order valence-corrected chi connectivity index (χ0v) is 9.58. The van der Waals surface area contributed by atoms with Gasteiger partial charge in [-0.2, -0.15) is 8.42 Å². The zero-order chi connectivity index (χ0) is 14.0. The van der Waals surface area contributed by atoms with Gasteiger partial charge in [0.2, 0.25) is 6.04 Å². The lowest BCUT2D eigenvalue weighted by molar-refractivity contribution is -0.154. The minimum absolute atomic E-state index is 0.151. The number of aliphatic carboxylic acids is 2. The number of carbonyl (C=O) groups is 3. The molecule has 0 aliphatic heterocycles. The van der Waals surface area contributed by atoms with Crippen LogP contribution in [0.5, 0.6) is 0 Å². The van der Waals surface area contributed by atoms with Gasteiger partial charge in [0.1, 0.15) is 0 Å². The van der Waals surface area contributed by atoms with Crippen LogP contribution in [0, 0.1) is 0 Å². The highest BCUT2D eigenvalue weighted by molar-refractivity contribution is 7.83. The Morgan fingerprint density at radius 2 is 1.41 bits per heavy atom. The molecule has 0 atom stereocenters. The Kier molecular flexibility index (Phi) is 4.42. The fourth-order valence-corrected chi connectivity index (χ4v) is 1.19. The Hall–Kier alpha value is -1.88. The molecule has 11 heteroatoms. The zero-order valence-electron chi connectivity index (χ0n) is 8.76. The van der Waals surface area contributed by atoms with Crippen molar-refractivity contribution in [2.75, 3.05) is 14.1 Å². The summed E-state index contributed by atoms with van der Waals surface area (Å²) >= 11 is 0. The van der Waals surface area contributed by atoms with Gasteiger partial charge in [0.15, 0.2) is 0 Å². The second kappa shape index (κ2) is 4.97. The quantitative estimate of drug-likeness (QED) is 0.404. The third-order valence-corrected chi connectivity index (χ3v) is 2.62. The van der Waals surface area contributed by atoms with Crippen molar-refractivity contribution in [3.63, 3.8) is 0 Å². The molecule has 0 aromatic heterocycles. The summed E-state index contributed by atoms with van der Waals surface area (Å²) in [5.41, 5.74) is 0. The maximum absolute atomic E-state index is 11.3. The molecule has 0 spiro atoms. The SMILES string of the molecule is CN(C(=O)N(C)S(=O)(=O)O)C(C(=O)O)C(=O)O. The number of carboxylic acids is 2. The van der Waals surface area contributed by atoms with Gasteiger partial charge in [-0.15, -0.1) is 0 Å². The van der Waals surface area contributed by atoms with E-state index in [1.807, 2.05) is 0 Å². The molecule has 0 aromatic rings. The molecule has 0 aliphatic rings. The number of hydrogen-bond donors (Lipinski definition) is 3. The highest BCUT2D eigenvalue weighted by atomic mass is 32.2. The van der Waals surface area contributed by atoms with Crippen molar-refractivity contribution in [1.29, 1.82) is 0 Å². The molecule has 0 bridgehead atoms. The van der Waals surface area contributed by atoms with Crippen molar-refractivity contribution in [3.05, 3.63) is 0 Å². The molecule has 2 amide bonds. The molecule has 98 valence electrons. The summed E-state index contributed by atoms with van der Waals surface area (Å²) in [6, 6.07) is -3.76. The molecule has 0 saturated carbocycles. The first-order chi connectivity index (χ1) is 7.50. The van der Waals surface area contributed by atoms with Crippen LogP contribution in [0.3, 0.4) is 0 Å². The van der Waals surface area contributed by atoms with E-state index in [1.165, 1.54) is 0 Å². The summed E-state index contributed by atoms with van der Waals surface area (Å²) in [6.07, 6.45) is 0. The van der Waals surface area contributed by atoms with Crippen LogP contribution in [0.1, 0.15) is 0 Å². The molecule has 0 aromatic carbocycles. The van der Waals surface area contributed by atoms with Crippen molar-refractivity contribution in [3.8, 4) is 0 Å². The highest BCUT2D eigenvalue weighted by Crippen LogP contribution is 2.05. The van der Waals surface area contributed by atoms with Gasteiger partial charge in [0, 0.05) is 14.1 Å². The van der Waals surface area contributed by atoms with Crippen LogP contribution in [0.4, 0.5) is 4.79 Å². The van der Waals surface area contributed by atoms with Crippen molar-refractivity contribution >= 4 is 28.3 Å². The Labute approximate surface area is 95.9 Å². The average Bonchev–Trinajstić information content (AvgIpc) is 2.12. The summed E-state index contributed by atoms with van der Waals surface area (Å²) in [5, 5.41) is 17.1. The van der Waals surface area contributed by atoms with Gasteiger partial charge in [-0.25, -0.2) is 18.7 Å². The van der Waals surface area contributed by atoms with Crippen LogP contribution in [-0.4, -0.2) is 70.5 Å². The minimum atomic E-state index is -4.88. The number of nitrogens with zero attached hydrogens (tertiary/aromatic N) is 2. The number of likely N-dealkylation sites (N-methyl/N-ethyl adjacent to an activating group) is 1. The standard InChI is InChI=1S/C6H10N2O8S/c1-7(3(4(9)10)5(11)12)6(13)8(2)17(14,15)16/h3H,1-2H3,(H,9,10)(H,11,12)(H,14,15,16). The largest absolute Gasteiger partial charge is 0.479 e. The lowest BCUT2D eigenvalue weighted by Gasteiger charge is -2.25. The van der Waals surface area contributed by atoms with Gasteiger partial charge < -0.3 is 15.1 Å². The van der Waals surface area contributed by atoms with E-state index < -0.39 is 34.3 Å². The number of rotatable bonds is 4. The predicted molar refractivity (Wildman–Crippen MR) is 51.5 cm³/mol. The first-order valence-corrected chi connectivity index (χ1v) is 5.33. The van der Waals surface area contributed by atoms with E-state index >= 15 is 0 Å². The maximum Gasteiger partial charge on any atom is 0.363 e. The molecule has 10 nitrogen and oxygen atoms in total. The van der Waals surface area contributed by atoms with E-state index in [2.05, 4.69) is 0 Å². The number of urea groups is 1. The Morgan fingerprint density at radius 3 is 1.65 bits per heavy atom. The van der Waals surface area contributed by atoms with Gasteiger partial charge in [0.05, 0.1) is 0 Å². The summed E-state index contributed by atoms with van der Waals surface area (Å²) in [6.45, 7) is 0. The van der Waals surface area contributed by atoms with Crippen LogP contribution in [0.25, 0.3) is 0 Å². The first kappa shape index (κ1) is 15.1. The van der Waals surface area contributed by atoms with E-state index in [4.69, 9.17) is 14.8 Å². The van der Waals surface area contributed by atoms with Crippen LogP contribution in [0.2, 0.25) is 0 Å². The predicted octanol–water partition coefficient (Wildman–Crippen LogP) is -1.69. The van der Waals surface area contributed by atoms with Crippen LogP contribution >= 0.6 is 0 Å². The Morgan fingerprint density at radius 1 is 1.06 bits per heavy atom. The molecular weight excluding hydrogens is 260 g/mol. The third kappa shape index (κ3) is 3.57. The monoisotopic (exact) mass is 270 g/mol. The molecule has 0 heterocycles. The maximum atomic E-state index is 11.3. The second-order valence-electron chi connectivity index (χ2n) is 2.92. The van der Waals surface area contributed by atoms with Crippen LogP contribution < -0.4 is 0 Å². The molecule has 17 heavy (non-hydrogen) atoms. The van der Waals surface area contributed by atoms with Crippen molar-refractivity contribution < 1.29 is 37.6 Å². The molecule has 0 radical (unpaired) electrons. The molecule has 3 N–H and O–H groups in total. The summed E-state index contributed by atoms with van der Waals surface area (Å²) in [4.78, 5) is 32.6. The second-order valence-corrected chi connectivity index (χ2v) is 4.36. The van der Waals surface area contributed by atoms with Gasteiger partial charge in [-0.05, 0) is 0 Å². The van der Waals surface area contributed by atoms with Gasteiger partial charge in [-0.1, -0.05) is 0 Å². The summed E-state index contributed by atoms with van der Waals surface area (Å²) < 4.78 is 29.5. The summed E-state index contributed by atoms with van der Waals surface area (Å²) in [7, 11) is -3.45. The van der Waals surface area contributed by atoms with E-state index in [9.17, 15) is 22.8 Å². The minimum Gasteiger partial charge on any atom is -0.479 e. The van der Waals surface area contributed by atoms with Crippen molar-refractivity contribution in [2.45, 2.75) is 6.04 Å². The smallest absolute Gasteiger partial charge is 0.363 e. The Balaban J connectivity index is 5.17.